The van der Waals surface area contributed by atoms with E-state index in [4.69, 9.17) is 5.73 Å². The van der Waals surface area contributed by atoms with Gasteiger partial charge in [0.1, 0.15) is 15.8 Å². The molecular formula is C11H13F3N4S2. The maximum atomic E-state index is 12.1. The number of nitrogen functional groups attached to an aromatic ring is 1. The lowest BCUT2D eigenvalue weighted by Gasteiger charge is -2.07. The number of aromatic nitrogens is 2. The molecule has 0 aliphatic carbocycles. The van der Waals surface area contributed by atoms with E-state index in [2.05, 4.69) is 14.7 Å². The van der Waals surface area contributed by atoms with Gasteiger partial charge in [-0.1, -0.05) is 0 Å². The van der Waals surface area contributed by atoms with Crippen LogP contribution in [0.15, 0.2) is 5.38 Å². The minimum atomic E-state index is -4.12. The van der Waals surface area contributed by atoms with Crippen LogP contribution < -0.4 is 11.1 Å². The van der Waals surface area contributed by atoms with E-state index in [1.54, 1.807) is 0 Å². The minimum Gasteiger partial charge on any atom is -0.382 e. The van der Waals surface area contributed by atoms with Gasteiger partial charge in [0.25, 0.3) is 0 Å². The highest BCUT2D eigenvalue weighted by Gasteiger charge is 2.26. The normalized spacial score (nSPS) is 11.8. The van der Waals surface area contributed by atoms with Crippen LogP contribution in [0.3, 0.4) is 0 Å². The van der Waals surface area contributed by atoms with Gasteiger partial charge in [-0.25, -0.2) is 4.98 Å². The smallest absolute Gasteiger partial charge is 0.382 e. The van der Waals surface area contributed by atoms with Crippen LogP contribution in [0.25, 0.3) is 10.6 Å². The lowest BCUT2D eigenvalue weighted by molar-refractivity contribution is -0.134. The number of halogens is 3. The molecule has 2 rings (SSSR count). The summed E-state index contributed by atoms with van der Waals surface area (Å²) in [6, 6.07) is 0. The van der Waals surface area contributed by atoms with E-state index >= 15 is 0 Å². The number of aryl methyl sites for hydroxylation is 1. The van der Waals surface area contributed by atoms with Crippen LogP contribution in [0.4, 0.5) is 24.0 Å². The Kier molecular flexibility index (Phi) is 4.48. The molecule has 0 spiro atoms. The average Bonchev–Trinajstić information content (AvgIpc) is 2.90. The first-order chi connectivity index (χ1) is 9.37. The number of alkyl halides is 3. The summed E-state index contributed by atoms with van der Waals surface area (Å²) in [4.78, 5) is 4.33. The Morgan fingerprint density at radius 1 is 1.40 bits per heavy atom. The Bertz CT molecular complexity index is 576. The predicted octanol–water partition coefficient (Wildman–Crippen LogP) is 3.91. The molecule has 4 nitrogen and oxygen atoms in total. The fourth-order valence-electron chi connectivity index (χ4n) is 1.59. The number of thiazole rings is 1. The maximum absolute atomic E-state index is 12.1. The SMILES string of the molecule is Cc1csc(-c2c(N)nsc2NCCCC(F)(F)F)n1. The van der Waals surface area contributed by atoms with E-state index in [1.165, 1.54) is 11.3 Å². The average molecular weight is 322 g/mol. The van der Waals surface area contributed by atoms with Crippen molar-refractivity contribution in [3.8, 4) is 10.6 Å². The van der Waals surface area contributed by atoms with E-state index in [-0.39, 0.29) is 13.0 Å². The molecule has 2 aromatic heterocycles. The molecule has 3 N–H and O–H groups in total. The molecule has 0 aliphatic heterocycles. The zero-order valence-corrected chi connectivity index (χ0v) is 12.3. The lowest BCUT2D eigenvalue weighted by Crippen LogP contribution is -2.10. The largest absolute Gasteiger partial charge is 0.389 e. The molecule has 2 aromatic rings. The van der Waals surface area contributed by atoms with Crippen LogP contribution >= 0.6 is 22.9 Å². The number of hydrogen-bond donors (Lipinski definition) is 2. The van der Waals surface area contributed by atoms with E-state index < -0.39 is 12.6 Å². The van der Waals surface area contributed by atoms with E-state index in [0.717, 1.165) is 22.2 Å². The summed E-state index contributed by atoms with van der Waals surface area (Å²) in [6.45, 7) is 2.09. The summed E-state index contributed by atoms with van der Waals surface area (Å²) < 4.78 is 40.2. The van der Waals surface area contributed by atoms with Gasteiger partial charge in [-0.2, -0.15) is 17.5 Å². The summed E-state index contributed by atoms with van der Waals surface area (Å²) in [5.74, 6) is 0.350. The third-order valence-electron chi connectivity index (χ3n) is 2.47. The van der Waals surface area contributed by atoms with E-state index in [0.29, 0.717) is 16.4 Å². The van der Waals surface area contributed by atoms with Gasteiger partial charge in [0, 0.05) is 24.0 Å². The zero-order valence-electron chi connectivity index (χ0n) is 10.6. The summed E-state index contributed by atoms with van der Waals surface area (Å²) in [6.07, 6.45) is -4.92. The molecule has 0 fully saturated rings. The number of nitrogens with zero attached hydrogens (tertiary/aromatic N) is 2. The van der Waals surface area contributed by atoms with Crippen LogP contribution in [0.5, 0.6) is 0 Å². The Morgan fingerprint density at radius 3 is 2.75 bits per heavy atom. The summed E-state index contributed by atoms with van der Waals surface area (Å²) >= 11 is 2.57. The first-order valence-corrected chi connectivity index (χ1v) is 7.50. The third-order valence-corrected chi connectivity index (χ3v) is 4.27. The summed E-state index contributed by atoms with van der Waals surface area (Å²) in [5, 5.41) is 6.24. The number of nitrogens with one attached hydrogen (secondary N) is 1. The zero-order chi connectivity index (χ0) is 14.8. The van der Waals surface area contributed by atoms with Crippen LogP contribution in [0.1, 0.15) is 18.5 Å². The summed E-state index contributed by atoms with van der Waals surface area (Å²) in [7, 11) is 0. The Morgan fingerprint density at radius 2 is 2.15 bits per heavy atom. The predicted molar refractivity (Wildman–Crippen MR) is 76.2 cm³/mol. The van der Waals surface area contributed by atoms with Gasteiger partial charge in [0.15, 0.2) is 0 Å². The quantitative estimate of drug-likeness (QED) is 0.819. The Hall–Kier alpha value is -1.35. The molecule has 0 unspecified atom stereocenters. The van der Waals surface area contributed by atoms with E-state index in [9.17, 15) is 13.2 Å². The first kappa shape index (κ1) is 15.0. The van der Waals surface area contributed by atoms with Crippen LogP contribution in [-0.4, -0.2) is 22.1 Å². The van der Waals surface area contributed by atoms with Gasteiger partial charge in [-0.3, -0.25) is 0 Å². The van der Waals surface area contributed by atoms with Crippen molar-refractivity contribution in [2.24, 2.45) is 0 Å². The van der Waals surface area contributed by atoms with Crippen molar-refractivity contribution in [1.29, 1.82) is 0 Å². The second-order valence-corrected chi connectivity index (χ2v) is 5.84. The number of anilines is 2. The Balaban J connectivity index is 2.03. The molecular weight excluding hydrogens is 309 g/mol. The molecule has 0 radical (unpaired) electrons. The van der Waals surface area contributed by atoms with Crippen LogP contribution in [0.2, 0.25) is 0 Å². The number of hydrogen-bond acceptors (Lipinski definition) is 6. The van der Waals surface area contributed by atoms with Crippen molar-refractivity contribution in [2.75, 3.05) is 17.6 Å². The first-order valence-electron chi connectivity index (χ1n) is 5.85. The minimum absolute atomic E-state index is 0.0115. The topological polar surface area (TPSA) is 63.8 Å². The number of rotatable bonds is 5. The van der Waals surface area contributed by atoms with Gasteiger partial charge in [-0.05, 0) is 24.9 Å². The molecule has 110 valence electrons. The molecule has 0 amide bonds. The van der Waals surface area contributed by atoms with Crippen molar-refractivity contribution < 1.29 is 13.2 Å². The molecule has 2 heterocycles. The molecule has 9 heteroatoms. The van der Waals surface area contributed by atoms with Crippen LogP contribution in [-0.2, 0) is 0 Å². The second-order valence-electron chi connectivity index (χ2n) is 4.21. The lowest BCUT2D eigenvalue weighted by atomic mass is 10.3. The van der Waals surface area contributed by atoms with Gasteiger partial charge < -0.3 is 11.1 Å². The van der Waals surface area contributed by atoms with Crippen molar-refractivity contribution in [1.82, 2.24) is 9.36 Å². The van der Waals surface area contributed by atoms with Crippen molar-refractivity contribution in [3.05, 3.63) is 11.1 Å². The Labute approximate surface area is 122 Å². The van der Waals surface area contributed by atoms with E-state index in [1.807, 2.05) is 12.3 Å². The molecule has 0 saturated heterocycles. The molecule has 0 saturated carbocycles. The fourth-order valence-corrected chi connectivity index (χ4v) is 3.25. The maximum Gasteiger partial charge on any atom is 0.389 e. The molecule has 0 atom stereocenters. The monoisotopic (exact) mass is 322 g/mol. The van der Waals surface area contributed by atoms with Crippen molar-refractivity contribution in [2.45, 2.75) is 25.9 Å². The molecule has 0 aromatic carbocycles. The molecule has 0 aliphatic rings. The van der Waals surface area contributed by atoms with Gasteiger partial charge in [0.2, 0.25) is 0 Å². The van der Waals surface area contributed by atoms with Crippen molar-refractivity contribution >= 4 is 33.7 Å². The number of nitrogens with two attached hydrogens (primary N) is 1. The van der Waals surface area contributed by atoms with Gasteiger partial charge in [0.05, 0.1) is 5.56 Å². The van der Waals surface area contributed by atoms with Crippen LogP contribution in [0, 0.1) is 6.92 Å². The third kappa shape index (κ3) is 3.83. The van der Waals surface area contributed by atoms with Crippen molar-refractivity contribution in [3.63, 3.8) is 0 Å². The standard InChI is InChI=1S/C11H13F3N4S2/c1-6-5-19-10(17-6)7-8(15)18-20-9(7)16-4-2-3-11(12,13)14/h5,16H,2-4H2,1H3,(H2,15,18). The molecule has 0 bridgehead atoms. The summed E-state index contributed by atoms with van der Waals surface area (Å²) in [5.41, 5.74) is 7.36. The van der Waals surface area contributed by atoms with Gasteiger partial charge in [-0.15, -0.1) is 11.3 Å². The fraction of sp³-hybridized carbons (Fsp3) is 0.455. The highest BCUT2D eigenvalue weighted by atomic mass is 32.1. The highest BCUT2D eigenvalue weighted by Crippen LogP contribution is 2.38. The highest BCUT2D eigenvalue weighted by molar-refractivity contribution is 7.15. The molecule has 20 heavy (non-hydrogen) atoms. The second kappa shape index (κ2) is 5.96. The van der Waals surface area contributed by atoms with Gasteiger partial charge >= 0.3 is 6.18 Å².